The molecule has 3 N–H and O–H groups in total. The molecule has 0 saturated heterocycles. The van der Waals surface area contributed by atoms with Gasteiger partial charge in [-0.15, -0.1) is 0 Å². The molecule has 13 heavy (non-hydrogen) atoms. The fourth-order valence-corrected chi connectivity index (χ4v) is 1.20. The Labute approximate surface area is 76.5 Å². The number of carbonyl (C=O) groups is 1. The van der Waals surface area contributed by atoms with Crippen LogP contribution < -0.4 is 11.1 Å². The van der Waals surface area contributed by atoms with Gasteiger partial charge in [-0.2, -0.15) is 0 Å². The highest BCUT2D eigenvalue weighted by Gasteiger charge is 1.97. The number of nitrogens with two attached hydrogens (primary N) is 1. The van der Waals surface area contributed by atoms with E-state index in [1.165, 1.54) is 24.3 Å². The highest BCUT2D eigenvalue weighted by Crippen LogP contribution is 2.09. The molecule has 0 aliphatic rings. The lowest BCUT2D eigenvalue weighted by molar-refractivity contribution is 0.259. The van der Waals surface area contributed by atoms with E-state index in [2.05, 4.69) is 5.32 Å². The third-order valence-corrected chi connectivity index (χ3v) is 2.07. The number of thiol groups is 1. The number of rotatable bonds is 2. The van der Waals surface area contributed by atoms with Crippen LogP contribution >= 0.6 is 0 Å². The second kappa shape index (κ2) is 3.90. The molecule has 1 aromatic carbocycles. The summed E-state index contributed by atoms with van der Waals surface area (Å²) in [6, 6.07) is 5.02. The number of primary amides is 1. The Kier molecular flexibility index (Phi) is 2.86. The van der Waals surface area contributed by atoms with Gasteiger partial charge in [0.05, 0.1) is 4.90 Å². The van der Waals surface area contributed by atoms with Crippen LogP contribution in [0.5, 0.6) is 0 Å². The summed E-state index contributed by atoms with van der Waals surface area (Å²) in [6.07, 6.45) is 0. The van der Waals surface area contributed by atoms with Crippen molar-refractivity contribution in [3.63, 3.8) is 0 Å². The molecular weight excluding hydrogens is 192 g/mol. The molecule has 0 aromatic heterocycles. The summed E-state index contributed by atoms with van der Waals surface area (Å²) in [7, 11) is -2.57. The number of nitrogens with one attached hydrogen (secondary N) is 1. The number of benzene rings is 1. The Hall–Kier alpha value is -1.56. The first-order valence-corrected chi connectivity index (χ1v) is 4.58. The maximum Gasteiger partial charge on any atom is 0.316 e. The first-order chi connectivity index (χ1) is 6.09. The molecule has 0 bridgehead atoms. The molecule has 0 heterocycles. The lowest BCUT2D eigenvalue weighted by atomic mass is 10.3. The molecule has 1 aromatic rings. The van der Waals surface area contributed by atoms with Gasteiger partial charge in [-0.1, -0.05) is 0 Å². The largest absolute Gasteiger partial charge is 0.351 e. The SMILES string of the molecule is NC(=O)Nc1ccc([SH](=O)=O)cc1. The van der Waals surface area contributed by atoms with Crippen LogP contribution in [0, 0.1) is 0 Å². The van der Waals surface area contributed by atoms with E-state index in [0.717, 1.165) is 0 Å². The molecule has 0 spiro atoms. The van der Waals surface area contributed by atoms with Crippen molar-refractivity contribution in [2.24, 2.45) is 5.73 Å². The summed E-state index contributed by atoms with van der Waals surface area (Å²) in [5, 5.41) is 2.31. The molecule has 2 amide bonds. The van der Waals surface area contributed by atoms with Gasteiger partial charge in [-0.25, -0.2) is 13.2 Å². The Morgan fingerprint density at radius 3 is 2.15 bits per heavy atom. The van der Waals surface area contributed by atoms with Crippen molar-refractivity contribution >= 4 is 22.4 Å². The third kappa shape index (κ3) is 2.75. The number of anilines is 1. The van der Waals surface area contributed by atoms with Gasteiger partial charge in [-0.3, -0.25) is 0 Å². The zero-order valence-electron chi connectivity index (χ0n) is 6.56. The highest BCUT2D eigenvalue weighted by atomic mass is 32.2. The minimum Gasteiger partial charge on any atom is -0.351 e. The molecule has 0 aliphatic heterocycles. The normalized spacial score (nSPS) is 9.92. The number of hydrogen-bond acceptors (Lipinski definition) is 3. The zero-order valence-corrected chi connectivity index (χ0v) is 7.45. The van der Waals surface area contributed by atoms with E-state index in [1.54, 1.807) is 0 Å². The van der Waals surface area contributed by atoms with Crippen molar-refractivity contribution in [1.82, 2.24) is 0 Å². The van der Waals surface area contributed by atoms with Gasteiger partial charge < -0.3 is 11.1 Å². The first kappa shape index (κ1) is 9.53. The van der Waals surface area contributed by atoms with Crippen molar-refractivity contribution in [3.8, 4) is 0 Å². The van der Waals surface area contributed by atoms with Gasteiger partial charge in [0.1, 0.15) is 0 Å². The monoisotopic (exact) mass is 200 g/mol. The molecule has 6 heteroatoms. The zero-order chi connectivity index (χ0) is 9.84. The molecule has 0 atom stereocenters. The Morgan fingerprint density at radius 1 is 1.23 bits per heavy atom. The van der Waals surface area contributed by atoms with Gasteiger partial charge >= 0.3 is 6.03 Å². The smallest absolute Gasteiger partial charge is 0.316 e. The summed E-state index contributed by atoms with van der Waals surface area (Å²) in [6.45, 7) is 0. The molecule has 70 valence electrons. The third-order valence-electron chi connectivity index (χ3n) is 1.35. The standard InChI is InChI=1S/C7H8N2O3S/c8-7(10)9-5-1-3-6(4-2-5)13(11)12/h1-4,13H,(H3,8,9,10). The molecule has 0 fully saturated rings. The van der Waals surface area contributed by atoms with Crippen LogP contribution in [0.1, 0.15) is 0 Å². The molecule has 0 unspecified atom stereocenters. The van der Waals surface area contributed by atoms with Gasteiger partial charge in [0.15, 0.2) is 10.7 Å². The van der Waals surface area contributed by atoms with Crippen LogP contribution in [0.2, 0.25) is 0 Å². The average molecular weight is 200 g/mol. The first-order valence-electron chi connectivity index (χ1n) is 3.40. The van der Waals surface area contributed by atoms with Crippen molar-refractivity contribution in [1.29, 1.82) is 0 Å². The van der Waals surface area contributed by atoms with Gasteiger partial charge in [0.2, 0.25) is 0 Å². The second-order valence-corrected chi connectivity index (χ2v) is 3.32. The highest BCUT2D eigenvalue weighted by molar-refractivity contribution is 7.72. The van der Waals surface area contributed by atoms with Crippen LogP contribution in [0.15, 0.2) is 29.2 Å². The van der Waals surface area contributed by atoms with Crippen LogP contribution in [-0.2, 0) is 10.7 Å². The maximum absolute atomic E-state index is 10.5. The minimum atomic E-state index is -2.57. The molecule has 0 aliphatic carbocycles. The summed E-state index contributed by atoms with van der Waals surface area (Å²) >= 11 is 0. The van der Waals surface area contributed by atoms with E-state index < -0.39 is 16.7 Å². The Bertz CT molecular complexity index is 375. The molecule has 0 saturated carbocycles. The quantitative estimate of drug-likeness (QED) is 0.593. The Morgan fingerprint density at radius 2 is 1.77 bits per heavy atom. The van der Waals surface area contributed by atoms with Crippen molar-refractivity contribution < 1.29 is 13.2 Å². The van der Waals surface area contributed by atoms with Gasteiger partial charge in [0, 0.05) is 5.69 Å². The van der Waals surface area contributed by atoms with Crippen molar-refractivity contribution in [2.75, 3.05) is 5.32 Å². The number of urea groups is 1. The Balaban J connectivity index is 2.87. The predicted octanol–water partition coefficient (Wildman–Crippen LogP) is 0.148. The second-order valence-electron chi connectivity index (χ2n) is 2.29. The van der Waals surface area contributed by atoms with E-state index in [4.69, 9.17) is 5.73 Å². The van der Waals surface area contributed by atoms with Gasteiger partial charge in [-0.05, 0) is 24.3 Å². The van der Waals surface area contributed by atoms with E-state index in [-0.39, 0.29) is 4.90 Å². The molecule has 1 rings (SSSR count). The number of hydrogen-bond donors (Lipinski definition) is 3. The summed E-state index contributed by atoms with van der Waals surface area (Å²) in [4.78, 5) is 10.6. The van der Waals surface area contributed by atoms with E-state index >= 15 is 0 Å². The summed E-state index contributed by atoms with van der Waals surface area (Å²) < 4.78 is 20.9. The fraction of sp³-hybridized carbons (Fsp3) is 0. The fourth-order valence-electron chi connectivity index (χ4n) is 0.809. The lowest BCUT2D eigenvalue weighted by Gasteiger charge is -1.99. The van der Waals surface area contributed by atoms with Crippen molar-refractivity contribution in [2.45, 2.75) is 4.90 Å². The number of amides is 2. The molecule has 5 nitrogen and oxygen atoms in total. The average Bonchev–Trinajstić information content (AvgIpc) is 2.04. The molecular formula is C7H8N2O3S. The summed E-state index contributed by atoms with van der Waals surface area (Å²) in [5.41, 5.74) is 5.32. The predicted molar refractivity (Wildman–Crippen MR) is 48.2 cm³/mol. The number of carbonyl (C=O) groups excluding carboxylic acids is 1. The topological polar surface area (TPSA) is 89.3 Å². The van der Waals surface area contributed by atoms with E-state index in [9.17, 15) is 13.2 Å². The van der Waals surface area contributed by atoms with Gasteiger partial charge in [0.25, 0.3) is 0 Å². The minimum absolute atomic E-state index is 0.199. The van der Waals surface area contributed by atoms with Crippen LogP contribution in [0.25, 0.3) is 0 Å². The van der Waals surface area contributed by atoms with E-state index in [1.807, 2.05) is 0 Å². The lowest BCUT2D eigenvalue weighted by Crippen LogP contribution is -2.19. The maximum atomic E-state index is 10.5. The van der Waals surface area contributed by atoms with Crippen molar-refractivity contribution in [3.05, 3.63) is 24.3 Å². The summed E-state index contributed by atoms with van der Waals surface area (Å²) in [5.74, 6) is 0. The van der Waals surface area contributed by atoms with Crippen LogP contribution in [0.4, 0.5) is 10.5 Å². The van der Waals surface area contributed by atoms with Crippen LogP contribution in [-0.4, -0.2) is 14.4 Å². The molecule has 0 radical (unpaired) electrons. The van der Waals surface area contributed by atoms with Crippen LogP contribution in [0.3, 0.4) is 0 Å². The van der Waals surface area contributed by atoms with E-state index in [0.29, 0.717) is 5.69 Å².